The smallest absolute Gasteiger partial charge is 0.321 e. The Kier molecular flexibility index (Phi) is 4.16. The Bertz CT molecular complexity index is 587. The summed E-state index contributed by atoms with van der Waals surface area (Å²) in [4.78, 5) is 11.2. The molecule has 1 N–H and O–H groups in total. The van der Waals surface area contributed by atoms with Crippen LogP contribution in [0.4, 0.5) is 8.78 Å². The molecule has 0 radical (unpaired) electrons. The van der Waals surface area contributed by atoms with Crippen molar-refractivity contribution >= 4 is 17.7 Å². The maximum absolute atomic E-state index is 13.5. The van der Waals surface area contributed by atoms with Crippen molar-refractivity contribution in [3.8, 4) is 0 Å². The number of hydrogen-bond donors (Lipinski definition) is 1. The van der Waals surface area contributed by atoms with Gasteiger partial charge in [0, 0.05) is 4.90 Å². The van der Waals surface area contributed by atoms with Gasteiger partial charge in [0.1, 0.15) is 16.9 Å². The summed E-state index contributed by atoms with van der Waals surface area (Å²) in [6, 6.07) is 11.4. The molecule has 2 aromatic rings. The van der Waals surface area contributed by atoms with Crippen LogP contribution >= 0.6 is 11.8 Å². The molecule has 98 valence electrons. The van der Waals surface area contributed by atoms with E-state index in [0.29, 0.717) is 5.56 Å². The summed E-state index contributed by atoms with van der Waals surface area (Å²) in [5.41, 5.74) is 0.531. The Morgan fingerprint density at radius 1 is 1.11 bits per heavy atom. The third-order valence-electron chi connectivity index (χ3n) is 2.46. The summed E-state index contributed by atoms with van der Waals surface area (Å²) in [7, 11) is 0. The van der Waals surface area contributed by atoms with Crippen LogP contribution in [-0.4, -0.2) is 11.1 Å². The number of hydrogen-bond acceptors (Lipinski definition) is 2. The van der Waals surface area contributed by atoms with Gasteiger partial charge in [-0.1, -0.05) is 30.3 Å². The van der Waals surface area contributed by atoms with Gasteiger partial charge in [-0.15, -0.1) is 11.8 Å². The Morgan fingerprint density at radius 2 is 1.79 bits per heavy atom. The molecule has 0 spiro atoms. The van der Waals surface area contributed by atoms with Crippen molar-refractivity contribution in [1.82, 2.24) is 0 Å². The van der Waals surface area contributed by atoms with E-state index in [9.17, 15) is 18.7 Å². The maximum Gasteiger partial charge on any atom is 0.321 e. The average molecular weight is 280 g/mol. The van der Waals surface area contributed by atoms with Crippen LogP contribution in [-0.2, 0) is 4.79 Å². The van der Waals surface area contributed by atoms with Gasteiger partial charge < -0.3 is 5.11 Å². The lowest BCUT2D eigenvalue weighted by Crippen LogP contribution is -2.08. The number of halogens is 2. The van der Waals surface area contributed by atoms with Crippen LogP contribution in [0.2, 0.25) is 0 Å². The van der Waals surface area contributed by atoms with E-state index < -0.39 is 22.9 Å². The van der Waals surface area contributed by atoms with Crippen LogP contribution in [0.5, 0.6) is 0 Å². The number of carboxylic acids is 1. The van der Waals surface area contributed by atoms with E-state index in [0.717, 1.165) is 30.0 Å². The van der Waals surface area contributed by atoms with Crippen molar-refractivity contribution in [2.45, 2.75) is 10.1 Å². The fourth-order valence-corrected chi connectivity index (χ4v) is 2.59. The molecule has 0 amide bonds. The molecular formula is C14H10F2O2S. The lowest BCUT2D eigenvalue weighted by atomic mass is 10.1. The second kappa shape index (κ2) is 5.84. The van der Waals surface area contributed by atoms with E-state index in [4.69, 9.17) is 0 Å². The van der Waals surface area contributed by atoms with E-state index in [2.05, 4.69) is 0 Å². The van der Waals surface area contributed by atoms with Crippen molar-refractivity contribution in [2.75, 3.05) is 0 Å². The van der Waals surface area contributed by atoms with Gasteiger partial charge in [0.2, 0.25) is 0 Å². The number of rotatable bonds is 4. The largest absolute Gasteiger partial charge is 0.480 e. The van der Waals surface area contributed by atoms with Gasteiger partial charge >= 0.3 is 5.97 Å². The fourth-order valence-electron chi connectivity index (χ4n) is 1.58. The molecule has 0 fully saturated rings. The number of thioether (sulfide) groups is 1. The number of aliphatic carboxylic acids is 1. The number of benzene rings is 2. The summed E-state index contributed by atoms with van der Waals surface area (Å²) >= 11 is 0.776. The van der Waals surface area contributed by atoms with E-state index >= 15 is 0 Å². The highest BCUT2D eigenvalue weighted by molar-refractivity contribution is 8.00. The van der Waals surface area contributed by atoms with Crippen LogP contribution in [0.1, 0.15) is 10.8 Å². The first kappa shape index (κ1) is 13.5. The molecule has 0 aliphatic heterocycles. The lowest BCUT2D eigenvalue weighted by Gasteiger charge is -2.12. The molecule has 0 aromatic heterocycles. The number of carboxylic acid groups (broad SMARTS) is 1. The second-order valence-corrected chi connectivity index (χ2v) is 4.97. The predicted molar refractivity (Wildman–Crippen MR) is 69.0 cm³/mol. The molecule has 2 rings (SSSR count). The molecule has 0 saturated carbocycles. The summed E-state index contributed by atoms with van der Waals surface area (Å²) in [6.07, 6.45) is 0. The minimum absolute atomic E-state index is 0.0174. The molecule has 0 heterocycles. The molecule has 0 aliphatic rings. The first-order valence-electron chi connectivity index (χ1n) is 5.47. The monoisotopic (exact) mass is 280 g/mol. The standard InChI is InChI=1S/C14H10F2O2S/c15-10-6-7-11(16)12(8-10)19-13(14(17)18)9-4-2-1-3-5-9/h1-8,13H,(H,17,18). The zero-order valence-electron chi connectivity index (χ0n) is 9.72. The van der Waals surface area contributed by atoms with Crippen molar-refractivity contribution in [1.29, 1.82) is 0 Å². The molecular weight excluding hydrogens is 270 g/mol. The highest BCUT2D eigenvalue weighted by atomic mass is 32.2. The highest BCUT2D eigenvalue weighted by Gasteiger charge is 2.22. The summed E-state index contributed by atoms with van der Waals surface area (Å²) < 4.78 is 26.6. The molecule has 0 bridgehead atoms. The molecule has 1 atom stereocenters. The van der Waals surface area contributed by atoms with Gasteiger partial charge in [-0.25, -0.2) is 8.78 Å². The van der Waals surface area contributed by atoms with Gasteiger partial charge in [-0.05, 0) is 23.8 Å². The molecule has 2 nitrogen and oxygen atoms in total. The van der Waals surface area contributed by atoms with Crippen molar-refractivity contribution in [2.24, 2.45) is 0 Å². The molecule has 19 heavy (non-hydrogen) atoms. The first-order valence-corrected chi connectivity index (χ1v) is 6.35. The Hall–Kier alpha value is -1.88. The Morgan fingerprint density at radius 3 is 2.42 bits per heavy atom. The Balaban J connectivity index is 2.32. The highest BCUT2D eigenvalue weighted by Crippen LogP contribution is 2.36. The summed E-state index contributed by atoms with van der Waals surface area (Å²) in [5, 5.41) is 8.24. The molecule has 0 aliphatic carbocycles. The minimum Gasteiger partial charge on any atom is -0.480 e. The van der Waals surface area contributed by atoms with Crippen molar-refractivity contribution < 1.29 is 18.7 Å². The van der Waals surface area contributed by atoms with Crippen LogP contribution in [0.3, 0.4) is 0 Å². The average Bonchev–Trinajstić information content (AvgIpc) is 2.40. The lowest BCUT2D eigenvalue weighted by molar-refractivity contribution is -0.136. The molecule has 5 heteroatoms. The van der Waals surface area contributed by atoms with Crippen LogP contribution < -0.4 is 0 Å². The van der Waals surface area contributed by atoms with Crippen LogP contribution in [0.25, 0.3) is 0 Å². The summed E-state index contributed by atoms with van der Waals surface area (Å²) in [5.74, 6) is -2.32. The zero-order chi connectivity index (χ0) is 13.8. The van der Waals surface area contributed by atoms with E-state index in [1.165, 1.54) is 0 Å². The van der Waals surface area contributed by atoms with Gasteiger partial charge in [-0.2, -0.15) is 0 Å². The van der Waals surface area contributed by atoms with E-state index in [-0.39, 0.29) is 4.90 Å². The second-order valence-electron chi connectivity index (χ2n) is 3.82. The van der Waals surface area contributed by atoms with E-state index in [1.54, 1.807) is 30.3 Å². The number of carbonyl (C=O) groups is 1. The molecule has 1 unspecified atom stereocenters. The van der Waals surface area contributed by atoms with E-state index in [1.807, 2.05) is 0 Å². The van der Waals surface area contributed by atoms with Crippen LogP contribution in [0.15, 0.2) is 53.4 Å². The van der Waals surface area contributed by atoms with Gasteiger partial charge in [0.05, 0.1) is 0 Å². The Labute approximate surface area is 113 Å². The van der Waals surface area contributed by atoms with Gasteiger partial charge in [-0.3, -0.25) is 4.79 Å². The first-order chi connectivity index (χ1) is 9.08. The maximum atomic E-state index is 13.5. The normalized spacial score (nSPS) is 12.1. The van der Waals surface area contributed by atoms with Crippen LogP contribution in [0, 0.1) is 11.6 Å². The SMILES string of the molecule is O=C(O)C(Sc1cc(F)ccc1F)c1ccccc1. The minimum atomic E-state index is -1.10. The zero-order valence-corrected chi connectivity index (χ0v) is 10.5. The quantitative estimate of drug-likeness (QED) is 0.863. The molecule has 0 saturated heterocycles. The topological polar surface area (TPSA) is 37.3 Å². The van der Waals surface area contributed by atoms with Gasteiger partial charge in [0.25, 0.3) is 0 Å². The third kappa shape index (κ3) is 3.32. The third-order valence-corrected chi connectivity index (χ3v) is 3.74. The van der Waals surface area contributed by atoms with Crippen molar-refractivity contribution in [3.63, 3.8) is 0 Å². The van der Waals surface area contributed by atoms with Gasteiger partial charge in [0.15, 0.2) is 0 Å². The summed E-state index contributed by atoms with van der Waals surface area (Å²) in [6.45, 7) is 0. The van der Waals surface area contributed by atoms with Crippen molar-refractivity contribution in [3.05, 3.63) is 65.7 Å². The molecule has 2 aromatic carbocycles. The fraction of sp³-hybridized carbons (Fsp3) is 0.0714. The predicted octanol–water partition coefficient (Wildman–Crippen LogP) is 3.88.